The van der Waals surface area contributed by atoms with Gasteiger partial charge in [0.1, 0.15) is 11.5 Å². The predicted octanol–water partition coefficient (Wildman–Crippen LogP) is 2.98. The molecule has 0 unspecified atom stereocenters. The lowest BCUT2D eigenvalue weighted by molar-refractivity contribution is 0.0737. The lowest BCUT2D eigenvalue weighted by Crippen LogP contribution is -2.45. The zero-order chi connectivity index (χ0) is 18.7. The molecule has 1 aromatic carbocycles. The normalized spacial score (nSPS) is 16.4. The predicted molar refractivity (Wildman–Crippen MR) is 106 cm³/mol. The number of benzene rings is 1. The lowest BCUT2D eigenvalue weighted by Gasteiger charge is -2.33. The Morgan fingerprint density at radius 1 is 1.08 bits per heavy atom. The summed E-state index contributed by atoms with van der Waals surface area (Å²) in [5.41, 5.74) is 2.85. The molecule has 3 rings (SSSR count). The summed E-state index contributed by atoms with van der Waals surface area (Å²) < 4.78 is 0. The summed E-state index contributed by atoms with van der Waals surface area (Å²) in [5.74, 6) is 0.842. The van der Waals surface area contributed by atoms with Crippen molar-refractivity contribution in [3.63, 3.8) is 0 Å². The van der Waals surface area contributed by atoms with Crippen LogP contribution in [0.3, 0.4) is 0 Å². The van der Waals surface area contributed by atoms with Crippen molar-refractivity contribution in [1.82, 2.24) is 14.8 Å². The van der Waals surface area contributed by atoms with E-state index >= 15 is 0 Å². The third kappa shape index (κ3) is 4.05. The number of pyridine rings is 1. The van der Waals surface area contributed by atoms with Crippen molar-refractivity contribution >= 4 is 11.7 Å². The van der Waals surface area contributed by atoms with Crippen molar-refractivity contribution in [2.24, 2.45) is 0 Å². The summed E-state index contributed by atoms with van der Waals surface area (Å²) >= 11 is 0. The van der Waals surface area contributed by atoms with Gasteiger partial charge in [0.2, 0.25) is 0 Å². The maximum atomic E-state index is 13.0. The van der Waals surface area contributed by atoms with Crippen molar-refractivity contribution in [2.45, 2.75) is 19.9 Å². The molecule has 1 aliphatic rings. The molecular weight excluding hydrogens is 324 g/mol. The summed E-state index contributed by atoms with van der Waals surface area (Å²) in [5, 5.41) is 0. The third-order valence-corrected chi connectivity index (χ3v) is 5.24. The van der Waals surface area contributed by atoms with Crippen LogP contribution in [0.1, 0.15) is 34.6 Å². The maximum Gasteiger partial charge on any atom is 0.272 e. The topological polar surface area (TPSA) is 39.7 Å². The Labute approximate surface area is 156 Å². The number of amides is 1. The summed E-state index contributed by atoms with van der Waals surface area (Å²) in [4.78, 5) is 23.9. The SMILES string of the molecule is Cc1ccc([C@@H](C)N(C)C(=O)c2cccc(N3CCN(C)CC3)n2)cc1. The van der Waals surface area contributed by atoms with E-state index in [4.69, 9.17) is 0 Å². The first kappa shape index (κ1) is 18.4. The highest BCUT2D eigenvalue weighted by Gasteiger charge is 2.22. The average molecular weight is 352 g/mol. The van der Waals surface area contributed by atoms with Crippen LogP contribution < -0.4 is 4.90 Å². The van der Waals surface area contributed by atoms with Gasteiger partial charge in [-0.3, -0.25) is 4.79 Å². The number of aryl methyl sites for hydroxylation is 1. The standard InChI is InChI=1S/C21H28N4O/c1-16-8-10-18(11-9-16)17(2)24(4)21(26)19-6-5-7-20(22-19)25-14-12-23(3)13-15-25/h5-11,17H,12-15H2,1-4H3/t17-/m1/s1. The molecule has 0 aliphatic carbocycles. The fourth-order valence-corrected chi connectivity index (χ4v) is 3.18. The second kappa shape index (κ2) is 7.87. The van der Waals surface area contributed by atoms with E-state index in [1.807, 2.05) is 26.1 Å². The highest BCUT2D eigenvalue weighted by Crippen LogP contribution is 2.22. The third-order valence-electron chi connectivity index (χ3n) is 5.24. The molecule has 1 aromatic heterocycles. The van der Waals surface area contributed by atoms with E-state index in [1.165, 1.54) is 5.56 Å². The minimum atomic E-state index is -0.0472. The molecule has 0 saturated carbocycles. The number of likely N-dealkylation sites (N-methyl/N-ethyl adjacent to an activating group) is 1. The van der Waals surface area contributed by atoms with E-state index < -0.39 is 0 Å². The van der Waals surface area contributed by atoms with E-state index in [9.17, 15) is 4.79 Å². The zero-order valence-electron chi connectivity index (χ0n) is 16.1. The van der Waals surface area contributed by atoms with Gasteiger partial charge in [-0.1, -0.05) is 35.9 Å². The van der Waals surface area contributed by atoms with Crippen molar-refractivity contribution in [1.29, 1.82) is 0 Å². The first-order chi connectivity index (χ1) is 12.5. The highest BCUT2D eigenvalue weighted by atomic mass is 16.2. The molecule has 2 aromatic rings. The van der Waals surface area contributed by atoms with Gasteiger partial charge in [0.05, 0.1) is 6.04 Å². The number of hydrogen-bond donors (Lipinski definition) is 0. The second-order valence-electron chi connectivity index (χ2n) is 7.17. The Morgan fingerprint density at radius 2 is 1.73 bits per heavy atom. The zero-order valence-corrected chi connectivity index (χ0v) is 16.1. The van der Waals surface area contributed by atoms with Gasteiger partial charge in [0.25, 0.3) is 5.91 Å². The summed E-state index contributed by atoms with van der Waals surface area (Å²) in [6.45, 7) is 8.03. The van der Waals surface area contributed by atoms with Crippen LogP contribution in [0.4, 0.5) is 5.82 Å². The van der Waals surface area contributed by atoms with E-state index in [-0.39, 0.29) is 11.9 Å². The lowest BCUT2D eigenvalue weighted by atomic mass is 10.1. The molecule has 138 valence electrons. The molecule has 1 saturated heterocycles. The van der Waals surface area contributed by atoms with Gasteiger partial charge in [-0.2, -0.15) is 0 Å². The number of anilines is 1. The number of nitrogens with zero attached hydrogens (tertiary/aromatic N) is 4. The van der Waals surface area contributed by atoms with Gasteiger partial charge < -0.3 is 14.7 Å². The van der Waals surface area contributed by atoms with Crippen molar-refractivity contribution in [3.8, 4) is 0 Å². The van der Waals surface area contributed by atoms with E-state index in [0.29, 0.717) is 5.69 Å². The van der Waals surface area contributed by atoms with Crippen molar-refractivity contribution in [3.05, 3.63) is 59.3 Å². The van der Waals surface area contributed by atoms with E-state index in [1.54, 1.807) is 11.0 Å². The molecular formula is C21H28N4O. The van der Waals surface area contributed by atoms with Gasteiger partial charge in [0, 0.05) is 33.2 Å². The van der Waals surface area contributed by atoms with Gasteiger partial charge in [-0.15, -0.1) is 0 Å². The van der Waals surface area contributed by atoms with Crippen LogP contribution in [0, 0.1) is 6.92 Å². The minimum absolute atomic E-state index is 0.00260. The van der Waals surface area contributed by atoms with Gasteiger partial charge >= 0.3 is 0 Å². The number of piperazine rings is 1. The fraction of sp³-hybridized carbons (Fsp3) is 0.429. The molecule has 5 nitrogen and oxygen atoms in total. The Balaban J connectivity index is 1.74. The van der Waals surface area contributed by atoms with Gasteiger partial charge in [-0.05, 0) is 38.6 Å². The molecule has 0 bridgehead atoms. The monoisotopic (exact) mass is 352 g/mol. The number of carbonyl (C=O) groups is 1. The Morgan fingerprint density at radius 3 is 2.38 bits per heavy atom. The minimum Gasteiger partial charge on any atom is -0.354 e. The Bertz CT molecular complexity index is 751. The van der Waals surface area contributed by atoms with Crippen molar-refractivity contribution < 1.29 is 4.79 Å². The first-order valence-electron chi connectivity index (χ1n) is 9.20. The van der Waals surface area contributed by atoms with Gasteiger partial charge in [-0.25, -0.2) is 4.98 Å². The maximum absolute atomic E-state index is 13.0. The summed E-state index contributed by atoms with van der Waals surface area (Å²) in [6, 6.07) is 14.0. The molecule has 26 heavy (non-hydrogen) atoms. The molecule has 5 heteroatoms. The largest absolute Gasteiger partial charge is 0.354 e. The molecule has 1 amide bonds. The Hall–Kier alpha value is -2.40. The number of rotatable bonds is 4. The second-order valence-corrected chi connectivity index (χ2v) is 7.17. The average Bonchev–Trinajstić information content (AvgIpc) is 2.67. The molecule has 0 radical (unpaired) electrons. The van der Waals surface area contributed by atoms with Crippen LogP contribution >= 0.6 is 0 Å². The molecule has 0 spiro atoms. The summed E-state index contributed by atoms with van der Waals surface area (Å²) in [6.07, 6.45) is 0. The van der Waals surface area contributed by atoms with E-state index in [2.05, 4.69) is 53.0 Å². The number of hydrogen-bond acceptors (Lipinski definition) is 4. The van der Waals surface area contributed by atoms with Gasteiger partial charge in [0.15, 0.2) is 0 Å². The number of carbonyl (C=O) groups excluding carboxylic acids is 1. The van der Waals surface area contributed by atoms with Crippen LogP contribution in [0.5, 0.6) is 0 Å². The molecule has 1 aliphatic heterocycles. The Kier molecular flexibility index (Phi) is 5.57. The highest BCUT2D eigenvalue weighted by molar-refractivity contribution is 5.92. The van der Waals surface area contributed by atoms with Crippen LogP contribution in [0.15, 0.2) is 42.5 Å². The van der Waals surface area contributed by atoms with Crippen LogP contribution in [-0.4, -0.2) is 61.0 Å². The fourth-order valence-electron chi connectivity index (χ4n) is 3.18. The smallest absolute Gasteiger partial charge is 0.272 e. The molecule has 1 atom stereocenters. The quantitative estimate of drug-likeness (QED) is 0.848. The van der Waals surface area contributed by atoms with Crippen molar-refractivity contribution in [2.75, 3.05) is 45.2 Å². The van der Waals surface area contributed by atoms with Crippen LogP contribution in [0.2, 0.25) is 0 Å². The van der Waals surface area contributed by atoms with Crippen LogP contribution in [0.25, 0.3) is 0 Å². The van der Waals surface area contributed by atoms with Crippen LogP contribution in [-0.2, 0) is 0 Å². The van der Waals surface area contributed by atoms with E-state index in [0.717, 1.165) is 37.6 Å². The summed E-state index contributed by atoms with van der Waals surface area (Å²) in [7, 11) is 3.98. The molecule has 2 heterocycles. The number of aromatic nitrogens is 1. The molecule has 0 N–H and O–H groups in total. The molecule has 1 fully saturated rings. The first-order valence-corrected chi connectivity index (χ1v) is 9.20.